The fourth-order valence-corrected chi connectivity index (χ4v) is 4.43. The highest BCUT2D eigenvalue weighted by atomic mass is 15.2. The molecule has 1 unspecified atom stereocenters. The van der Waals surface area contributed by atoms with Crippen LogP contribution in [0.4, 0.5) is 11.4 Å². The maximum absolute atomic E-state index is 2.49. The monoisotopic (exact) mass is 436 g/mol. The molecule has 0 fully saturated rings. The average molecular weight is 437 g/mol. The minimum Gasteiger partial charge on any atom is -0.369 e. The van der Waals surface area contributed by atoms with E-state index in [9.17, 15) is 0 Å². The molecular formula is C30H48N2. The molecule has 1 atom stereocenters. The number of hydrogen-bond donors (Lipinski definition) is 0. The summed E-state index contributed by atoms with van der Waals surface area (Å²) in [4.78, 5) is 4.93. The van der Waals surface area contributed by atoms with Crippen LogP contribution in [-0.2, 0) is 6.42 Å². The molecule has 0 aliphatic heterocycles. The van der Waals surface area contributed by atoms with Crippen molar-refractivity contribution >= 4 is 11.4 Å². The molecule has 2 aromatic carbocycles. The van der Waals surface area contributed by atoms with Crippen LogP contribution in [0.2, 0.25) is 0 Å². The van der Waals surface area contributed by atoms with E-state index in [1.165, 1.54) is 33.6 Å². The largest absolute Gasteiger partial charge is 0.369 e. The topological polar surface area (TPSA) is 6.48 Å². The molecule has 2 aromatic rings. The minimum absolute atomic E-state index is 0.0819. The first-order chi connectivity index (χ1) is 14.7. The molecule has 0 saturated heterocycles. The van der Waals surface area contributed by atoms with Crippen LogP contribution in [0.15, 0.2) is 36.4 Å². The molecule has 32 heavy (non-hydrogen) atoms. The van der Waals surface area contributed by atoms with E-state index >= 15 is 0 Å². The number of rotatable bonds is 7. The van der Waals surface area contributed by atoms with E-state index in [0.29, 0.717) is 11.8 Å². The lowest BCUT2D eigenvalue weighted by Gasteiger charge is -2.39. The summed E-state index contributed by atoms with van der Waals surface area (Å²) in [6.45, 7) is 23.1. The third-order valence-electron chi connectivity index (χ3n) is 7.10. The van der Waals surface area contributed by atoms with E-state index in [2.05, 4.69) is 130 Å². The van der Waals surface area contributed by atoms with Crippen LogP contribution in [0.1, 0.15) is 103 Å². The lowest BCUT2D eigenvalue weighted by molar-refractivity contribution is 0.530. The van der Waals surface area contributed by atoms with Gasteiger partial charge in [0.15, 0.2) is 0 Å². The summed E-state index contributed by atoms with van der Waals surface area (Å²) in [7, 11) is 4.49. The predicted molar refractivity (Wildman–Crippen MR) is 145 cm³/mol. The fraction of sp³-hybridized carbons (Fsp3) is 0.600. The molecule has 2 nitrogen and oxygen atoms in total. The maximum Gasteiger partial charge on any atom is 0.0438 e. The van der Waals surface area contributed by atoms with Crippen molar-refractivity contribution in [1.82, 2.24) is 0 Å². The normalized spacial score (nSPS) is 13.4. The number of anilines is 2. The summed E-state index contributed by atoms with van der Waals surface area (Å²) < 4.78 is 0. The maximum atomic E-state index is 2.49. The summed E-state index contributed by atoms with van der Waals surface area (Å²) in [6, 6.07) is 13.7. The third kappa shape index (κ3) is 5.88. The van der Waals surface area contributed by atoms with Crippen molar-refractivity contribution in [2.24, 2.45) is 0 Å². The van der Waals surface area contributed by atoms with Gasteiger partial charge in [0.2, 0.25) is 0 Å². The lowest BCUT2D eigenvalue weighted by Crippen LogP contribution is -2.39. The Morgan fingerprint density at radius 1 is 0.719 bits per heavy atom. The van der Waals surface area contributed by atoms with Gasteiger partial charge in [0.05, 0.1) is 0 Å². The second kappa shape index (κ2) is 9.89. The molecule has 2 rings (SSSR count). The first-order valence-electron chi connectivity index (χ1n) is 12.3. The van der Waals surface area contributed by atoms with Crippen molar-refractivity contribution in [1.29, 1.82) is 0 Å². The molecule has 0 saturated carbocycles. The van der Waals surface area contributed by atoms with Crippen LogP contribution in [-0.4, -0.2) is 25.2 Å². The summed E-state index contributed by atoms with van der Waals surface area (Å²) >= 11 is 0. The Hall–Kier alpha value is -1.96. The Labute approximate surface area is 199 Å². The van der Waals surface area contributed by atoms with Gasteiger partial charge in [0, 0.05) is 36.5 Å². The molecular weight excluding hydrogens is 388 g/mol. The number of para-hydroxylation sites is 2. The fourth-order valence-electron chi connectivity index (χ4n) is 4.43. The molecule has 2 heteroatoms. The van der Waals surface area contributed by atoms with Gasteiger partial charge < -0.3 is 9.80 Å². The van der Waals surface area contributed by atoms with Gasteiger partial charge in [-0.05, 0) is 95.4 Å². The number of benzene rings is 2. The van der Waals surface area contributed by atoms with Crippen LogP contribution >= 0.6 is 0 Å². The molecule has 0 amide bonds. The van der Waals surface area contributed by atoms with Gasteiger partial charge in [-0.15, -0.1) is 0 Å². The van der Waals surface area contributed by atoms with Gasteiger partial charge in [-0.25, -0.2) is 0 Å². The SMILES string of the molecule is Cc1cccc(CCC(C)c2cccc(C(C)C)c2N(C)C(C)(C)C)c1N(C)C(C)(C)C. The highest BCUT2D eigenvalue weighted by molar-refractivity contribution is 5.63. The summed E-state index contributed by atoms with van der Waals surface area (Å²) in [5.41, 5.74) is 8.76. The summed E-state index contributed by atoms with van der Waals surface area (Å²) in [6.07, 6.45) is 2.23. The van der Waals surface area contributed by atoms with Crippen molar-refractivity contribution in [3.63, 3.8) is 0 Å². The van der Waals surface area contributed by atoms with Crippen molar-refractivity contribution in [3.8, 4) is 0 Å². The second-order valence-electron chi connectivity index (χ2n) is 11.9. The number of hydrogen-bond acceptors (Lipinski definition) is 2. The van der Waals surface area contributed by atoms with Gasteiger partial charge in [-0.3, -0.25) is 0 Å². The van der Waals surface area contributed by atoms with Gasteiger partial charge in [-0.1, -0.05) is 57.2 Å². The Morgan fingerprint density at radius 3 is 1.75 bits per heavy atom. The lowest BCUT2D eigenvalue weighted by atomic mass is 9.86. The van der Waals surface area contributed by atoms with E-state index < -0.39 is 0 Å². The predicted octanol–water partition coefficient (Wildman–Crippen LogP) is 8.32. The average Bonchev–Trinajstić information content (AvgIpc) is 2.68. The summed E-state index contributed by atoms with van der Waals surface area (Å²) in [5, 5.41) is 0. The molecule has 0 spiro atoms. The first-order valence-corrected chi connectivity index (χ1v) is 12.3. The zero-order valence-corrected chi connectivity index (χ0v) is 22.9. The number of nitrogens with zero attached hydrogens (tertiary/aromatic N) is 2. The molecule has 0 aromatic heterocycles. The van der Waals surface area contributed by atoms with E-state index in [0.717, 1.165) is 12.8 Å². The molecule has 178 valence electrons. The molecule has 0 N–H and O–H groups in total. The third-order valence-corrected chi connectivity index (χ3v) is 7.10. The highest BCUT2D eigenvalue weighted by Crippen LogP contribution is 2.39. The first kappa shape index (κ1) is 26.3. The van der Waals surface area contributed by atoms with Crippen LogP contribution in [0.25, 0.3) is 0 Å². The minimum atomic E-state index is 0.0819. The standard InChI is InChI=1S/C30H48N2/c1-21(2)25-17-14-18-26(28(25)32(12)30(8,9)10)22(3)19-20-24-16-13-15-23(4)27(24)31(11)29(5,6)7/h13-18,21-22H,19-20H2,1-12H3. The summed E-state index contributed by atoms with van der Waals surface area (Å²) in [5.74, 6) is 0.993. The van der Waals surface area contributed by atoms with E-state index in [4.69, 9.17) is 0 Å². The quantitative estimate of drug-likeness (QED) is 0.430. The number of aryl methyl sites for hydroxylation is 2. The Bertz CT molecular complexity index is 896. The molecule has 0 aliphatic rings. The molecule has 0 radical (unpaired) electrons. The molecule has 0 bridgehead atoms. The smallest absolute Gasteiger partial charge is 0.0438 e. The molecule has 0 heterocycles. The van der Waals surface area contributed by atoms with Gasteiger partial charge >= 0.3 is 0 Å². The van der Waals surface area contributed by atoms with Crippen molar-refractivity contribution < 1.29 is 0 Å². The van der Waals surface area contributed by atoms with E-state index in [-0.39, 0.29) is 11.1 Å². The second-order valence-corrected chi connectivity index (χ2v) is 11.9. The van der Waals surface area contributed by atoms with E-state index in [1.54, 1.807) is 0 Å². The van der Waals surface area contributed by atoms with Crippen molar-refractivity contribution in [2.45, 2.75) is 105 Å². The molecule has 0 aliphatic carbocycles. The Kier molecular flexibility index (Phi) is 8.13. The van der Waals surface area contributed by atoms with Gasteiger partial charge in [-0.2, -0.15) is 0 Å². The van der Waals surface area contributed by atoms with Crippen molar-refractivity contribution in [2.75, 3.05) is 23.9 Å². The van der Waals surface area contributed by atoms with Crippen LogP contribution in [0.3, 0.4) is 0 Å². The van der Waals surface area contributed by atoms with Crippen LogP contribution in [0, 0.1) is 6.92 Å². The zero-order chi connectivity index (χ0) is 24.4. The Balaban J connectivity index is 2.41. The van der Waals surface area contributed by atoms with Gasteiger partial charge in [0.25, 0.3) is 0 Å². The van der Waals surface area contributed by atoms with Crippen LogP contribution in [0.5, 0.6) is 0 Å². The zero-order valence-electron chi connectivity index (χ0n) is 22.9. The van der Waals surface area contributed by atoms with Crippen LogP contribution < -0.4 is 9.80 Å². The van der Waals surface area contributed by atoms with E-state index in [1.807, 2.05) is 0 Å². The van der Waals surface area contributed by atoms with Crippen molar-refractivity contribution in [3.05, 3.63) is 58.7 Å². The Morgan fingerprint density at radius 2 is 1.22 bits per heavy atom. The highest BCUT2D eigenvalue weighted by Gasteiger charge is 2.26. The van der Waals surface area contributed by atoms with Gasteiger partial charge in [0.1, 0.15) is 0 Å².